The van der Waals surface area contributed by atoms with Gasteiger partial charge in [-0.1, -0.05) is 18.7 Å². The van der Waals surface area contributed by atoms with E-state index in [1.54, 1.807) is 26.2 Å². The Morgan fingerprint density at radius 3 is 2.85 bits per heavy atom. The molecule has 136 valence electrons. The van der Waals surface area contributed by atoms with Crippen LogP contribution in [0.25, 0.3) is 0 Å². The van der Waals surface area contributed by atoms with Gasteiger partial charge in [-0.2, -0.15) is 0 Å². The van der Waals surface area contributed by atoms with E-state index < -0.39 is 5.92 Å². The lowest BCUT2D eigenvalue weighted by Crippen LogP contribution is -2.28. The number of methoxy groups -OCH3 is 1. The molecule has 0 saturated heterocycles. The number of pyridine rings is 1. The molecular weight excluding hydrogens is 334 g/mol. The molecule has 0 unspecified atom stereocenters. The molecule has 0 fully saturated rings. The maximum Gasteiger partial charge on any atom is 0.312 e. The van der Waals surface area contributed by atoms with Crippen LogP contribution in [0.3, 0.4) is 0 Å². The van der Waals surface area contributed by atoms with Crippen LogP contribution in [0.15, 0.2) is 41.2 Å². The summed E-state index contributed by atoms with van der Waals surface area (Å²) in [5, 5.41) is 0. The van der Waals surface area contributed by atoms with Crippen molar-refractivity contribution in [3.05, 3.63) is 63.6 Å². The molecule has 0 amide bonds. The van der Waals surface area contributed by atoms with Crippen LogP contribution >= 0.6 is 0 Å². The van der Waals surface area contributed by atoms with Crippen molar-refractivity contribution in [2.45, 2.75) is 26.2 Å². The van der Waals surface area contributed by atoms with E-state index in [1.165, 1.54) is 0 Å². The fraction of sp³-hybridized carbons (Fsp3) is 0.300. The normalized spacial score (nSPS) is 15.8. The summed E-state index contributed by atoms with van der Waals surface area (Å²) in [5.74, 6) is 0.463. The third-order valence-corrected chi connectivity index (χ3v) is 4.18. The van der Waals surface area contributed by atoms with Crippen molar-refractivity contribution in [2.75, 3.05) is 13.7 Å². The number of carbonyl (C=O) groups is 1. The molecule has 0 aliphatic carbocycles. The quantitative estimate of drug-likeness (QED) is 0.659. The Bertz CT molecular complexity index is 928. The zero-order chi connectivity index (χ0) is 18.8. The Morgan fingerprint density at radius 2 is 2.15 bits per heavy atom. The molecule has 0 spiro atoms. The number of para-hydroxylation sites is 1. The highest BCUT2D eigenvalue weighted by Crippen LogP contribution is 2.43. The van der Waals surface area contributed by atoms with Gasteiger partial charge in [0, 0.05) is 23.2 Å². The summed E-state index contributed by atoms with van der Waals surface area (Å²) in [7, 11) is 1.55. The summed E-state index contributed by atoms with van der Waals surface area (Å²) in [6.07, 6.45) is 0.0513. The van der Waals surface area contributed by atoms with Crippen LogP contribution in [0, 0.1) is 6.92 Å². The number of esters is 1. The van der Waals surface area contributed by atoms with Crippen LogP contribution in [0.1, 0.15) is 36.1 Å². The molecule has 1 atom stereocenters. The van der Waals surface area contributed by atoms with Crippen molar-refractivity contribution < 1.29 is 19.0 Å². The topological polar surface area (TPSA) is 77.6 Å². The Balaban J connectivity index is 2.17. The molecule has 2 heterocycles. The fourth-order valence-electron chi connectivity index (χ4n) is 3.10. The molecule has 0 radical (unpaired) electrons. The van der Waals surface area contributed by atoms with Crippen LogP contribution in [0.4, 0.5) is 0 Å². The van der Waals surface area contributed by atoms with E-state index in [2.05, 4.69) is 11.6 Å². The number of carbonyl (C=O) groups excluding carboxylic acids is 1. The molecule has 3 rings (SSSR count). The van der Waals surface area contributed by atoms with E-state index in [9.17, 15) is 9.59 Å². The zero-order valence-electron chi connectivity index (χ0n) is 15.0. The van der Waals surface area contributed by atoms with Crippen LogP contribution in [0.2, 0.25) is 0 Å². The Hall–Kier alpha value is -3.02. The molecule has 1 aliphatic heterocycles. The van der Waals surface area contributed by atoms with E-state index in [4.69, 9.17) is 14.2 Å². The van der Waals surface area contributed by atoms with Gasteiger partial charge in [0.15, 0.2) is 11.5 Å². The number of benzene rings is 1. The minimum absolute atomic E-state index is 0.0513. The van der Waals surface area contributed by atoms with Crippen molar-refractivity contribution in [3.63, 3.8) is 0 Å². The lowest BCUT2D eigenvalue weighted by atomic mass is 9.86. The van der Waals surface area contributed by atoms with E-state index in [1.807, 2.05) is 19.1 Å². The minimum Gasteiger partial charge on any atom is -0.493 e. The molecular formula is C20H21NO5. The summed E-state index contributed by atoms with van der Waals surface area (Å²) >= 11 is 0. The predicted octanol–water partition coefficient (Wildman–Crippen LogP) is 3.09. The van der Waals surface area contributed by atoms with Gasteiger partial charge in [0.05, 0.1) is 19.1 Å². The summed E-state index contributed by atoms with van der Waals surface area (Å²) in [4.78, 5) is 27.5. The van der Waals surface area contributed by atoms with Gasteiger partial charge in [0.2, 0.25) is 0 Å². The number of nitrogens with one attached hydrogen (secondary N) is 1. The van der Waals surface area contributed by atoms with Gasteiger partial charge in [0.25, 0.3) is 5.56 Å². The molecule has 1 aliphatic rings. The van der Waals surface area contributed by atoms with E-state index in [0.717, 1.165) is 5.57 Å². The fourth-order valence-corrected chi connectivity index (χ4v) is 3.10. The first kappa shape index (κ1) is 17.8. The number of rotatable bonds is 5. The van der Waals surface area contributed by atoms with Gasteiger partial charge in [-0.15, -0.1) is 0 Å². The average molecular weight is 355 g/mol. The summed E-state index contributed by atoms with van der Waals surface area (Å²) in [6, 6.07) is 7.08. The van der Waals surface area contributed by atoms with Gasteiger partial charge in [-0.25, -0.2) is 0 Å². The number of ether oxygens (including phenoxy) is 3. The Kier molecular flexibility index (Phi) is 4.84. The first-order chi connectivity index (χ1) is 12.4. The Labute approximate surface area is 151 Å². The SMILES string of the molecule is C=C(C)COc1c(OC)cccc1[C@H]1CC(=O)Oc2cc(C)[nH]c(=O)c21. The predicted molar refractivity (Wildman–Crippen MR) is 97.2 cm³/mol. The number of fused-ring (bicyclic) bond motifs is 1. The van der Waals surface area contributed by atoms with Crippen LogP contribution in [-0.4, -0.2) is 24.7 Å². The zero-order valence-corrected chi connectivity index (χ0v) is 15.0. The second kappa shape index (κ2) is 7.07. The number of aromatic amines is 1. The van der Waals surface area contributed by atoms with Crippen LogP contribution in [0.5, 0.6) is 17.2 Å². The van der Waals surface area contributed by atoms with Gasteiger partial charge in [0.1, 0.15) is 12.4 Å². The smallest absolute Gasteiger partial charge is 0.312 e. The Morgan fingerprint density at radius 1 is 1.38 bits per heavy atom. The highest BCUT2D eigenvalue weighted by atomic mass is 16.5. The lowest BCUT2D eigenvalue weighted by Gasteiger charge is -2.26. The number of H-pyrrole nitrogens is 1. The maximum absolute atomic E-state index is 12.6. The number of aromatic nitrogens is 1. The second-order valence-electron chi connectivity index (χ2n) is 6.41. The van der Waals surface area contributed by atoms with Crippen molar-refractivity contribution in [1.82, 2.24) is 4.98 Å². The first-order valence-corrected chi connectivity index (χ1v) is 8.29. The molecule has 1 aromatic heterocycles. The summed E-state index contributed by atoms with van der Waals surface area (Å²) < 4.78 is 16.6. The van der Waals surface area contributed by atoms with Crippen LogP contribution < -0.4 is 19.8 Å². The standard InChI is InChI=1S/C20H21NO5/c1-11(2)10-25-19-13(6-5-7-15(19)24-4)14-9-17(22)26-16-8-12(3)21-20(23)18(14)16/h5-8,14H,1,9-10H2,2-4H3,(H,21,23)/t14-/m1/s1. The molecule has 26 heavy (non-hydrogen) atoms. The van der Waals surface area contributed by atoms with Crippen molar-refractivity contribution >= 4 is 5.97 Å². The van der Waals surface area contributed by atoms with Gasteiger partial charge in [-0.3, -0.25) is 9.59 Å². The third kappa shape index (κ3) is 3.35. The van der Waals surface area contributed by atoms with Gasteiger partial charge in [-0.05, 0) is 25.5 Å². The first-order valence-electron chi connectivity index (χ1n) is 8.29. The summed E-state index contributed by atoms with van der Waals surface area (Å²) in [5.41, 5.74) is 2.33. The number of hydrogen-bond donors (Lipinski definition) is 1. The van der Waals surface area contributed by atoms with Crippen molar-refractivity contribution in [1.29, 1.82) is 0 Å². The largest absolute Gasteiger partial charge is 0.493 e. The second-order valence-corrected chi connectivity index (χ2v) is 6.41. The molecule has 0 bridgehead atoms. The molecule has 0 saturated carbocycles. The summed E-state index contributed by atoms with van der Waals surface area (Å²) in [6.45, 7) is 7.75. The van der Waals surface area contributed by atoms with Crippen molar-refractivity contribution in [3.8, 4) is 17.2 Å². The molecule has 1 aromatic carbocycles. The van der Waals surface area contributed by atoms with E-state index in [-0.39, 0.29) is 17.9 Å². The molecule has 6 heteroatoms. The van der Waals surface area contributed by atoms with E-state index >= 15 is 0 Å². The maximum atomic E-state index is 12.6. The molecule has 1 N–H and O–H groups in total. The highest BCUT2D eigenvalue weighted by molar-refractivity contribution is 5.78. The van der Waals surface area contributed by atoms with Gasteiger partial charge >= 0.3 is 5.97 Å². The van der Waals surface area contributed by atoms with Crippen molar-refractivity contribution in [2.24, 2.45) is 0 Å². The minimum atomic E-state index is -0.481. The monoisotopic (exact) mass is 355 g/mol. The average Bonchev–Trinajstić information content (AvgIpc) is 2.58. The van der Waals surface area contributed by atoms with Crippen LogP contribution in [-0.2, 0) is 4.79 Å². The van der Waals surface area contributed by atoms with E-state index in [0.29, 0.717) is 40.7 Å². The number of aryl methyl sites for hydroxylation is 1. The molecule has 6 nitrogen and oxygen atoms in total. The highest BCUT2D eigenvalue weighted by Gasteiger charge is 2.34. The van der Waals surface area contributed by atoms with Gasteiger partial charge < -0.3 is 19.2 Å². The number of hydrogen-bond acceptors (Lipinski definition) is 5. The third-order valence-electron chi connectivity index (χ3n) is 4.18. The molecule has 2 aromatic rings. The lowest BCUT2D eigenvalue weighted by molar-refractivity contribution is -0.135.